The molecular weight excluding hydrogens is 638 g/mol. The number of hydrogen-bond donors (Lipinski definition) is 2. The summed E-state index contributed by atoms with van der Waals surface area (Å²) in [5.74, 6) is -3.62. The zero-order chi connectivity index (χ0) is 35.8. The van der Waals surface area contributed by atoms with Crippen LogP contribution in [0.5, 0.6) is 0 Å². The minimum atomic E-state index is -1.28. The fraction of sp³-hybridized carbons (Fsp3) is 0.487. The first-order chi connectivity index (χ1) is 24.2. The summed E-state index contributed by atoms with van der Waals surface area (Å²) < 4.78 is 18.4. The Morgan fingerprint density at radius 2 is 1.82 bits per heavy atom. The highest BCUT2D eigenvalue weighted by Crippen LogP contribution is 2.59. The van der Waals surface area contributed by atoms with E-state index in [1.54, 1.807) is 29.2 Å². The van der Waals surface area contributed by atoms with Crippen molar-refractivity contribution in [3.05, 3.63) is 97.1 Å². The van der Waals surface area contributed by atoms with E-state index < -0.39 is 59.6 Å². The number of hydrogen-bond acceptors (Lipinski definition) is 8. The predicted molar refractivity (Wildman–Crippen MR) is 186 cm³/mol. The Balaban J connectivity index is 1.49. The van der Waals surface area contributed by atoms with Crippen LogP contribution in [0.25, 0.3) is 0 Å². The van der Waals surface area contributed by atoms with Gasteiger partial charge in [0.15, 0.2) is 0 Å². The monoisotopic (exact) mass is 687 g/mol. The van der Waals surface area contributed by atoms with Gasteiger partial charge in [-0.2, -0.15) is 0 Å². The van der Waals surface area contributed by atoms with Crippen molar-refractivity contribution in [2.45, 2.75) is 81.5 Å². The normalized spacial score (nSPS) is 25.3. The molecule has 3 saturated heterocycles. The van der Waals surface area contributed by atoms with E-state index in [1.807, 2.05) is 55.5 Å². The van der Waals surface area contributed by atoms with Gasteiger partial charge in [0.1, 0.15) is 17.7 Å². The fourth-order valence-electron chi connectivity index (χ4n) is 7.94. The van der Waals surface area contributed by atoms with Gasteiger partial charge in [-0.25, -0.2) is 0 Å². The van der Waals surface area contributed by atoms with E-state index in [-0.39, 0.29) is 44.5 Å². The number of benzene rings is 2. The van der Waals surface area contributed by atoms with Crippen LogP contribution in [0.4, 0.5) is 0 Å². The van der Waals surface area contributed by atoms with E-state index in [2.05, 4.69) is 18.5 Å². The molecule has 0 unspecified atom stereocenters. The van der Waals surface area contributed by atoms with Gasteiger partial charge in [-0.05, 0) is 36.8 Å². The van der Waals surface area contributed by atoms with Gasteiger partial charge in [0.05, 0.1) is 43.2 Å². The van der Waals surface area contributed by atoms with E-state index in [0.717, 1.165) is 5.56 Å². The second kappa shape index (κ2) is 16.6. The molecule has 2 aromatic carbocycles. The summed E-state index contributed by atoms with van der Waals surface area (Å²) in [7, 11) is 1.50. The number of nitrogens with zero attached hydrogens (tertiary/aromatic N) is 2. The van der Waals surface area contributed by atoms with Crippen LogP contribution < -0.4 is 5.32 Å². The lowest BCUT2D eigenvalue weighted by molar-refractivity contribution is -0.163. The Bertz CT molecular complexity index is 1520. The zero-order valence-electron chi connectivity index (χ0n) is 28.9. The summed E-state index contributed by atoms with van der Waals surface area (Å²) in [6, 6.07) is 16.2. The number of fused-ring (bicyclic) bond motifs is 1. The number of ether oxygens (including phenoxy) is 3. The molecule has 0 aliphatic carbocycles. The Hall–Kier alpha value is -4.32. The predicted octanol–water partition coefficient (Wildman–Crippen LogP) is 3.73. The van der Waals surface area contributed by atoms with Crippen molar-refractivity contribution in [3.8, 4) is 0 Å². The number of likely N-dealkylation sites (tertiary alicyclic amines) is 1. The zero-order valence-corrected chi connectivity index (χ0v) is 28.9. The Morgan fingerprint density at radius 1 is 1.12 bits per heavy atom. The van der Waals surface area contributed by atoms with Crippen molar-refractivity contribution in [3.63, 3.8) is 0 Å². The molecule has 3 aliphatic heterocycles. The quantitative estimate of drug-likeness (QED) is 0.179. The molecule has 2 bridgehead atoms. The minimum Gasteiger partial charge on any atom is -0.455 e. The Labute approximate surface area is 294 Å². The van der Waals surface area contributed by atoms with Gasteiger partial charge in [0.25, 0.3) is 0 Å². The number of allylic oxidation sites excluding steroid dienone is 1. The summed E-state index contributed by atoms with van der Waals surface area (Å²) in [5.41, 5.74) is 0.272. The molecule has 2 N–H and O–H groups in total. The first-order valence-corrected chi connectivity index (χ1v) is 17.4. The maximum atomic E-state index is 14.7. The van der Waals surface area contributed by atoms with Gasteiger partial charge in [-0.15, -0.1) is 13.2 Å². The van der Waals surface area contributed by atoms with Crippen LogP contribution in [-0.4, -0.2) is 95.3 Å². The van der Waals surface area contributed by atoms with Crippen LogP contribution in [0.15, 0.2) is 86.0 Å². The molecule has 3 amide bonds. The molecule has 0 radical (unpaired) electrons. The molecule has 11 nitrogen and oxygen atoms in total. The number of nitrogens with one attached hydrogen (secondary N) is 1. The molecule has 0 aromatic heterocycles. The summed E-state index contributed by atoms with van der Waals surface area (Å²) in [6.45, 7) is 9.62. The lowest BCUT2D eigenvalue weighted by Gasteiger charge is -2.39. The van der Waals surface area contributed by atoms with Crippen LogP contribution in [0.3, 0.4) is 0 Å². The number of methoxy groups -OCH3 is 1. The van der Waals surface area contributed by atoms with Gasteiger partial charge >= 0.3 is 5.97 Å². The van der Waals surface area contributed by atoms with E-state index in [9.17, 15) is 24.3 Å². The third kappa shape index (κ3) is 7.26. The SMILES string of the molecule is C=CCCC(=O)N[C@H](COC)[C@H](OC(=O)[C@@H]1[C@@H]2CC[C@]3(O2)[C@H](C(=O)N(CC=C)Cc2ccccc2)N([C@@H](CC)CO)C(=O)[C@@H]13)c1ccccc1. The van der Waals surface area contributed by atoms with Crippen LogP contribution in [-0.2, 0) is 39.9 Å². The minimum absolute atomic E-state index is 0.0587. The fourth-order valence-corrected chi connectivity index (χ4v) is 7.94. The lowest BCUT2D eigenvalue weighted by Crippen LogP contribution is -2.58. The van der Waals surface area contributed by atoms with Crippen molar-refractivity contribution in [2.24, 2.45) is 11.8 Å². The van der Waals surface area contributed by atoms with Gasteiger partial charge in [0.2, 0.25) is 17.7 Å². The molecule has 5 rings (SSSR count). The second-order valence-corrected chi connectivity index (χ2v) is 13.3. The molecule has 2 aromatic rings. The van der Waals surface area contributed by atoms with Gasteiger partial charge in [-0.1, -0.05) is 79.7 Å². The lowest BCUT2D eigenvalue weighted by atomic mass is 9.70. The number of esters is 1. The molecule has 3 fully saturated rings. The molecule has 1 spiro atoms. The molecular formula is C39H49N3O8. The number of aliphatic hydroxyl groups is 1. The third-order valence-corrected chi connectivity index (χ3v) is 10.2. The molecule has 268 valence electrons. The number of amides is 3. The van der Waals surface area contributed by atoms with E-state index in [0.29, 0.717) is 31.2 Å². The standard InChI is InChI=1S/C39H49N3O8/c1-5-8-19-31(44)40-29(25-48-4)34(27-17-13-10-14-18-27)49-38(47)32-30-20-21-39(50-30)33(32)36(45)42(28(7-3)24-43)35(39)37(46)41(22-6-2)23-26-15-11-9-12-16-26/h5-6,9-18,28-30,32-35,43H,1-2,7-8,19-25H2,3-4H3,(H,40,44)/t28-,29+,30-,32+,33+,34+,35-,39+/m0/s1. The van der Waals surface area contributed by atoms with Crippen molar-refractivity contribution < 1.29 is 38.5 Å². The number of carbonyl (C=O) groups is 4. The van der Waals surface area contributed by atoms with Gasteiger partial charge < -0.3 is 34.4 Å². The smallest absolute Gasteiger partial charge is 0.313 e. The molecule has 50 heavy (non-hydrogen) atoms. The average molecular weight is 688 g/mol. The van der Waals surface area contributed by atoms with Crippen molar-refractivity contribution >= 4 is 23.7 Å². The van der Waals surface area contributed by atoms with E-state index in [4.69, 9.17) is 14.2 Å². The highest BCUT2D eigenvalue weighted by molar-refractivity contribution is 5.98. The second-order valence-electron chi connectivity index (χ2n) is 13.3. The highest BCUT2D eigenvalue weighted by Gasteiger charge is 2.75. The summed E-state index contributed by atoms with van der Waals surface area (Å²) >= 11 is 0. The topological polar surface area (TPSA) is 135 Å². The van der Waals surface area contributed by atoms with E-state index in [1.165, 1.54) is 12.0 Å². The average Bonchev–Trinajstić information content (AvgIpc) is 3.78. The first-order valence-electron chi connectivity index (χ1n) is 17.4. The van der Waals surface area contributed by atoms with Crippen LogP contribution in [0.1, 0.15) is 56.3 Å². The summed E-state index contributed by atoms with van der Waals surface area (Å²) in [4.78, 5) is 59.7. The van der Waals surface area contributed by atoms with E-state index >= 15 is 0 Å². The molecule has 3 heterocycles. The summed E-state index contributed by atoms with van der Waals surface area (Å²) in [6.07, 6.45) is 3.64. The van der Waals surface area contributed by atoms with Crippen molar-refractivity contribution in [1.82, 2.24) is 15.1 Å². The van der Waals surface area contributed by atoms with Crippen molar-refractivity contribution in [1.29, 1.82) is 0 Å². The largest absolute Gasteiger partial charge is 0.455 e. The maximum absolute atomic E-state index is 14.7. The number of carbonyl (C=O) groups excluding carboxylic acids is 4. The maximum Gasteiger partial charge on any atom is 0.313 e. The molecule has 8 atom stereocenters. The van der Waals surface area contributed by atoms with Crippen LogP contribution >= 0.6 is 0 Å². The van der Waals surface area contributed by atoms with Crippen LogP contribution in [0.2, 0.25) is 0 Å². The summed E-state index contributed by atoms with van der Waals surface area (Å²) in [5, 5.41) is 13.4. The Kier molecular flexibility index (Phi) is 12.3. The van der Waals surface area contributed by atoms with Gasteiger partial charge in [0, 0.05) is 26.6 Å². The van der Waals surface area contributed by atoms with Crippen molar-refractivity contribution in [2.75, 3.05) is 26.9 Å². The first kappa shape index (κ1) is 36.9. The highest BCUT2D eigenvalue weighted by atomic mass is 16.6. The molecule has 3 aliphatic rings. The number of aliphatic hydroxyl groups excluding tert-OH is 1. The number of rotatable bonds is 18. The van der Waals surface area contributed by atoms with Gasteiger partial charge in [-0.3, -0.25) is 19.2 Å². The Morgan fingerprint density at radius 3 is 2.44 bits per heavy atom. The third-order valence-electron chi connectivity index (χ3n) is 10.2. The van der Waals surface area contributed by atoms with Crippen LogP contribution in [0, 0.1) is 11.8 Å². The molecule has 0 saturated carbocycles. The molecule has 11 heteroatoms.